The van der Waals surface area contributed by atoms with Crippen LogP contribution in [0.25, 0.3) is 0 Å². The van der Waals surface area contributed by atoms with Gasteiger partial charge < -0.3 is 4.74 Å². The summed E-state index contributed by atoms with van der Waals surface area (Å²) in [5, 5.41) is 0. The van der Waals surface area contributed by atoms with Gasteiger partial charge in [0.15, 0.2) is 9.84 Å². The van der Waals surface area contributed by atoms with Crippen molar-refractivity contribution in [3.8, 4) is 5.75 Å². The molecule has 1 heterocycles. The van der Waals surface area contributed by atoms with Crippen LogP contribution in [0.3, 0.4) is 0 Å². The molecule has 1 aromatic rings. The van der Waals surface area contributed by atoms with Crippen LogP contribution in [0.1, 0.15) is 12.0 Å². The molecule has 21 heavy (non-hydrogen) atoms. The van der Waals surface area contributed by atoms with Gasteiger partial charge in [0, 0.05) is 6.54 Å². The molecule has 0 aromatic heterocycles. The van der Waals surface area contributed by atoms with Gasteiger partial charge in [0.25, 0.3) is 0 Å². The second-order valence-corrected chi connectivity index (χ2v) is 9.24. The Morgan fingerprint density at radius 3 is 2.67 bits per heavy atom. The third-order valence-corrected chi connectivity index (χ3v) is 6.78. The lowest BCUT2D eigenvalue weighted by molar-refractivity contribution is 0.402. The molecule has 0 saturated carbocycles. The van der Waals surface area contributed by atoms with E-state index in [9.17, 15) is 16.8 Å². The number of benzene rings is 1. The van der Waals surface area contributed by atoms with Gasteiger partial charge in [-0.2, -0.15) is 0 Å². The van der Waals surface area contributed by atoms with E-state index in [1.165, 1.54) is 13.2 Å². The van der Waals surface area contributed by atoms with Crippen molar-refractivity contribution < 1.29 is 21.6 Å². The predicted octanol–water partition coefficient (Wildman–Crippen LogP) is 0.717. The Bertz CT molecular complexity index is 725. The number of ether oxygens (including phenoxy) is 1. The second kappa shape index (κ2) is 5.94. The standard InChI is InChI=1S/C13H19NO5S2/c1-10-3-4-12(19-2)13(7-10)21(17,18)14-8-11-5-6-20(15,16)9-11/h3-4,7,11,14H,5-6,8-9H2,1-2H3. The van der Waals surface area contributed by atoms with E-state index in [4.69, 9.17) is 4.74 Å². The van der Waals surface area contributed by atoms with Gasteiger partial charge in [-0.05, 0) is 37.0 Å². The van der Waals surface area contributed by atoms with Crippen molar-refractivity contribution in [3.63, 3.8) is 0 Å². The highest BCUT2D eigenvalue weighted by molar-refractivity contribution is 7.91. The van der Waals surface area contributed by atoms with Crippen molar-refractivity contribution in [2.75, 3.05) is 25.2 Å². The van der Waals surface area contributed by atoms with Crippen LogP contribution >= 0.6 is 0 Å². The zero-order chi connectivity index (χ0) is 15.7. The minimum absolute atomic E-state index is 0.0421. The number of aryl methyl sites for hydroxylation is 1. The largest absolute Gasteiger partial charge is 0.495 e. The lowest BCUT2D eigenvalue weighted by atomic mass is 10.1. The number of nitrogens with one attached hydrogen (secondary N) is 1. The molecule has 0 amide bonds. The summed E-state index contributed by atoms with van der Waals surface area (Å²) >= 11 is 0. The summed E-state index contributed by atoms with van der Waals surface area (Å²) in [6, 6.07) is 4.90. The number of methoxy groups -OCH3 is 1. The normalized spacial score (nSPS) is 21.3. The van der Waals surface area contributed by atoms with E-state index in [-0.39, 0.29) is 34.6 Å². The van der Waals surface area contributed by atoms with E-state index in [0.717, 1.165) is 5.56 Å². The van der Waals surface area contributed by atoms with Crippen LogP contribution in [0, 0.1) is 12.8 Å². The van der Waals surface area contributed by atoms with Crippen LogP contribution < -0.4 is 9.46 Å². The number of hydrogen-bond acceptors (Lipinski definition) is 5. The molecule has 2 rings (SSSR count). The van der Waals surface area contributed by atoms with Crippen molar-refractivity contribution in [1.82, 2.24) is 4.72 Å². The molecule has 8 heteroatoms. The van der Waals surface area contributed by atoms with E-state index in [1.54, 1.807) is 19.1 Å². The Morgan fingerprint density at radius 2 is 2.10 bits per heavy atom. The highest BCUT2D eigenvalue weighted by Crippen LogP contribution is 2.25. The summed E-state index contributed by atoms with van der Waals surface area (Å²) in [5.74, 6) is 0.279. The molecule has 1 aliphatic heterocycles. The Kier molecular flexibility index (Phi) is 4.60. The molecule has 1 aromatic carbocycles. The molecule has 1 aliphatic rings. The minimum atomic E-state index is -3.72. The zero-order valence-corrected chi connectivity index (χ0v) is 13.6. The molecule has 1 unspecified atom stereocenters. The first-order valence-electron chi connectivity index (χ1n) is 6.58. The fraction of sp³-hybridized carbons (Fsp3) is 0.538. The monoisotopic (exact) mass is 333 g/mol. The van der Waals surface area contributed by atoms with Gasteiger partial charge in [0.2, 0.25) is 10.0 Å². The molecule has 118 valence electrons. The lowest BCUT2D eigenvalue weighted by Crippen LogP contribution is -2.30. The molecule has 6 nitrogen and oxygen atoms in total. The third kappa shape index (κ3) is 3.96. The first-order valence-corrected chi connectivity index (χ1v) is 9.89. The SMILES string of the molecule is COc1ccc(C)cc1S(=O)(=O)NCC1CCS(=O)(=O)C1. The maximum Gasteiger partial charge on any atom is 0.244 e. The van der Waals surface area contributed by atoms with Crippen LogP contribution in [-0.4, -0.2) is 42.0 Å². The van der Waals surface area contributed by atoms with Gasteiger partial charge in [-0.15, -0.1) is 0 Å². The number of rotatable bonds is 5. The summed E-state index contributed by atoms with van der Waals surface area (Å²) in [6.45, 7) is 1.92. The van der Waals surface area contributed by atoms with Gasteiger partial charge in [-0.3, -0.25) is 0 Å². The smallest absolute Gasteiger partial charge is 0.244 e. The highest BCUT2D eigenvalue weighted by atomic mass is 32.2. The number of sulfonamides is 1. The second-order valence-electron chi connectivity index (χ2n) is 5.28. The fourth-order valence-corrected chi connectivity index (χ4v) is 5.56. The topological polar surface area (TPSA) is 89.5 Å². The van der Waals surface area contributed by atoms with Gasteiger partial charge in [-0.25, -0.2) is 21.6 Å². The van der Waals surface area contributed by atoms with Crippen molar-refractivity contribution in [2.45, 2.75) is 18.2 Å². The first kappa shape index (κ1) is 16.3. The van der Waals surface area contributed by atoms with E-state index in [1.807, 2.05) is 0 Å². The molecular weight excluding hydrogens is 314 g/mol. The minimum Gasteiger partial charge on any atom is -0.495 e. The van der Waals surface area contributed by atoms with Crippen molar-refractivity contribution in [1.29, 1.82) is 0 Å². The summed E-state index contributed by atoms with van der Waals surface area (Å²) in [6.07, 6.45) is 0.496. The molecule has 0 radical (unpaired) electrons. The van der Waals surface area contributed by atoms with Gasteiger partial charge >= 0.3 is 0 Å². The van der Waals surface area contributed by atoms with E-state index in [0.29, 0.717) is 6.42 Å². The molecule has 0 aliphatic carbocycles. The average Bonchev–Trinajstić information content (AvgIpc) is 2.76. The van der Waals surface area contributed by atoms with E-state index < -0.39 is 19.9 Å². The summed E-state index contributed by atoms with van der Waals surface area (Å²) < 4.78 is 55.0. The molecule has 0 spiro atoms. The first-order chi connectivity index (χ1) is 9.73. The highest BCUT2D eigenvalue weighted by Gasteiger charge is 2.29. The molecule has 1 N–H and O–H groups in total. The fourth-order valence-electron chi connectivity index (χ4n) is 2.33. The molecule has 1 fully saturated rings. The van der Waals surface area contributed by atoms with Gasteiger partial charge in [0.05, 0.1) is 18.6 Å². The Morgan fingerprint density at radius 1 is 1.38 bits per heavy atom. The van der Waals surface area contributed by atoms with Crippen LogP contribution in [-0.2, 0) is 19.9 Å². The molecular formula is C13H19NO5S2. The van der Waals surface area contributed by atoms with Gasteiger partial charge in [0.1, 0.15) is 10.6 Å². The van der Waals surface area contributed by atoms with E-state index in [2.05, 4.69) is 4.72 Å². The van der Waals surface area contributed by atoms with Crippen molar-refractivity contribution in [3.05, 3.63) is 23.8 Å². The van der Waals surface area contributed by atoms with Crippen molar-refractivity contribution in [2.24, 2.45) is 5.92 Å². The van der Waals surface area contributed by atoms with Crippen LogP contribution in [0.4, 0.5) is 0 Å². The van der Waals surface area contributed by atoms with Crippen LogP contribution in [0.5, 0.6) is 5.75 Å². The van der Waals surface area contributed by atoms with Crippen LogP contribution in [0.2, 0.25) is 0 Å². The quantitative estimate of drug-likeness (QED) is 0.857. The predicted molar refractivity (Wildman–Crippen MR) is 79.7 cm³/mol. The lowest BCUT2D eigenvalue weighted by Gasteiger charge is -2.13. The molecule has 1 atom stereocenters. The number of sulfone groups is 1. The Balaban J connectivity index is 2.14. The average molecular weight is 333 g/mol. The maximum atomic E-state index is 12.3. The van der Waals surface area contributed by atoms with Crippen molar-refractivity contribution >= 4 is 19.9 Å². The summed E-state index contributed by atoms with van der Waals surface area (Å²) in [5.41, 5.74) is 0.805. The Labute approximate surface area is 125 Å². The van der Waals surface area contributed by atoms with Gasteiger partial charge in [-0.1, -0.05) is 6.07 Å². The number of hydrogen-bond donors (Lipinski definition) is 1. The third-order valence-electron chi connectivity index (χ3n) is 3.50. The van der Waals surface area contributed by atoms with Crippen LogP contribution in [0.15, 0.2) is 23.1 Å². The summed E-state index contributed by atoms with van der Waals surface area (Å²) in [4.78, 5) is 0.0749. The zero-order valence-electron chi connectivity index (χ0n) is 12.0. The molecule has 1 saturated heterocycles. The maximum absolute atomic E-state index is 12.3. The molecule has 0 bridgehead atoms. The van der Waals surface area contributed by atoms with E-state index >= 15 is 0 Å². The Hall–Kier alpha value is -1.12. The summed E-state index contributed by atoms with van der Waals surface area (Å²) in [7, 11) is -5.32.